The minimum absolute atomic E-state index is 0.0529. The second kappa shape index (κ2) is 17.0. The largest absolute Gasteiger partial charge is 0.461 e. The number of rotatable bonds is 15. The summed E-state index contributed by atoms with van der Waals surface area (Å²) in [5.74, 6) is -3.12. The Morgan fingerprint density at radius 2 is 1.72 bits per heavy atom. The van der Waals surface area contributed by atoms with Crippen molar-refractivity contribution in [2.45, 2.75) is 77.7 Å². The molecule has 0 aliphatic carbocycles. The van der Waals surface area contributed by atoms with Crippen molar-refractivity contribution in [2.24, 2.45) is 11.8 Å². The smallest absolute Gasteiger partial charge is 0.337 e. The van der Waals surface area contributed by atoms with Gasteiger partial charge < -0.3 is 35.1 Å². The molecule has 4 rings (SSSR count). The molecule has 2 heterocycles. The number of carbonyl (C=O) groups is 4. The van der Waals surface area contributed by atoms with Crippen LogP contribution in [-0.2, 0) is 41.5 Å². The van der Waals surface area contributed by atoms with Gasteiger partial charge in [-0.25, -0.2) is 9.78 Å². The van der Waals surface area contributed by atoms with E-state index in [0.29, 0.717) is 38.4 Å². The number of morpholine rings is 1. The number of hydrogen-bond acceptors (Lipinski definition) is 8. The first-order valence-electron chi connectivity index (χ1n) is 16.4. The Morgan fingerprint density at radius 1 is 1.00 bits per heavy atom. The van der Waals surface area contributed by atoms with Gasteiger partial charge in [-0.15, -0.1) is 0 Å². The van der Waals surface area contributed by atoms with Crippen molar-refractivity contribution in [1.29, 1.82) is 0 Å². The Bertz CT molecular complexity index is 1480. The van der Waals surface area contributed by atoms with Crippen molar-refractivity contribution in [2.75, 3.05) is 26.3 Å². The predicted octanol–water partition coefficient (Wildman–Crippen LogP) is 2.54. The molecule has 2 aromatic carbocycles. The molecule has 0 spiro atoms. The Labute approximate surface area is 275 Å². The molecule has 3 amide bonds. The second-order valence-corrected chi connectivity index (χ2v) is 12.4. The number of nitrogens with one attached hydrogen (secondary N) is 3. The van der Waals surface area contributed by atoms with Gasteiger partial charge >= 0.3 is 5.97 Å². The Balaban J connectivity index is 1.60. The molecule has 0 radical (unpaired) electrons. The maximum absolute atomic E-state index is 14.1. The van der Waals surface area contributed by atoms with E-state index in [1.807, 2.05) is 56.3 Å². The van der Waals surface area contributed by atoms with Crippen LogP contribution in [0.1, 0.15) is 51.8 Å². The fraction of sp³-hybridized carbons (Fsp3) is 0.514. The van der Waals surface area contributed by atoms with Crippen LogP contribution >= 0.6 is 0 Å². The number of H-pyrrole nitrogens is 1. The Morgan fingerprint density at radius 3 is 2.40 bits per heavy atom. The van der Waals surface area contributed by atoms with Crippen molar-refractivity contribution in [3.63, 3.8) is 0 Å². The molecular weight excluding hydrogens is 602 g/mol. The number of aromatic amines is 1. The number of aliphatic hydroxyl groups is 1. The van der Waals surface area contributed by atoms with Crippen LogP contribution in [0, 0.1) is 11.8 Å². The van der Waals surface area contributed by atoms with Gasteiger partial charge in [0.1, 0.15) is 6.04 Å². The van der Waals surface area contributed by atoms with E-state index in [1.54, 1.807) is 24.9 Å². The monoisotopic (exact) mass is 649 g/mol. The number of ether oxygens (including phenoxy) is 2. The Hall–Kier alpha value is -4.29. The summed E-state index contributed by atoms with van der Waals surface area (Å²) in [4.78, 5) is 62.8. The highest BCUT2D eigenvalue weighted by atomic mass is 16.6. The standard InChI is InChI=1S/C35H47N5O7/c1-5-23(4)31(32(42)35(45)47-22(2)3)39-34(44)29(19-27-20-36-21-37-27)38-33(43)26(18-30(41)40-13-15-46-16-14-40)17-25-11-8-10-24-9-6-7-12-28(24)25/h6-12,20-23,26,29,31-32,42H,5,13-19H2,1-4H3,(H,36,37)(H,38,43)(H,39,44)/t23?,26?,29-,31-,32?/m0/s1. The number of fused-ring (bicyclic) bond motifs is 1. The summed E-state index contributed by atoms with van der Waals surface area (Å²) in [5, 5.41) is 18.6. The average molecular weight is 650 g/mol. The molecule has 3 unspecified atom stereocenters. The zero-order valence-corrected chi connectivity index (χ0v) is 27.6. The van der Waals surface area contributed by atoms with E-state index in [1.165, 1.54) is 6.33 Å². The fourth-order valence-corrected chi connectivity index (χ4v) is 5.76. The van der Waals surface area contributed by atoms with Crippen LogP contribution in [-0.4, -0.2) is 94.3 Å². The summed E-state index contributed by atoms with van der Waals surface area (Å²) >= 11 is 0. The summed E-state index contributed by atoms with van der Waals surface area (Å²) in [7, 11) is 0. The lowest BCUT2D eigenvalue weighted by Crippen LogP contribution is -2.57. The number of amides is 3. The number of hydrogen-bond donors (Lipinski definition) is 4. The maximum Gasteiger partial charge on any atom is 0.337 e. The minimum atomic E-state index is -1.61. The summed E-state index contributed by atoms with van der Waals surface area (Å²) < 4.78 is 10.6. The third-order valence-corrected chi connectivity index (χ3v) is 8.61. The lowest BCUT2D eigenvalue weighted by atomic mass is 9.91. The molecule has 1 aromatic heterocycles. The molecule has 1 aliphatic rings. The van der Waals surface area contributed by atoms with E-state index in [0.717, 1.165) is 16.3 Å². The zero-order valence-electron chi connectivity index (χ0n) is 27.6. The lowest BCUT2D eigenvalue weighted by molar-refractivity contribution is -0.160. The molecule has 254 valence electrons. The third kappa shape index (κ3) is 9.85. The minimum Gasteiger partial charge on any atom is -0.461 e. The molecule has 1 saturated heterocycles. The van der Waals surface area contributed by atoms with Gasteiger partial charge in [-0.05, 0) is 42.5 Å². The number of carbonyl (C=O) groups excluding carboxylic acids is 4. The van der Waals surface area contributed by atoms with Crippen LogP contribution in [0.5, 0.6) is 0 Å². The molecule has 4 N–H and O–H groups in total. The van der Waals surface area contributed by atoms with Gasteiger partial charge in [-0.2, -0.15) is 0 Å². The van der Waals surface area contributed by atoms with Gasteiger partial charge in [0.25, 0.3) is 0 Å². The van der Waals surface area contributed by atoms with Gasteiger partial charge in [-0.3, -0.25) is 14.4 Å². The predicted molar refractivity (Wildman–Crippen MR) is 176 cm³/mol. The highest BCUT2D eigenvalue weighted by Gasteiger charge is 2.36. The molecule has 12 heteroatoms. The number of esters is 1. The number of nitrogens with zero attached hydrogens (tertiary/aromatic N) is 2. The second-order valence-electron chi connectivity index (χ2n) is 12.4. The molecule has 47 heavy (non-hydrogen) atoms. The molecule has 3 aromatic rings. The van der Waals surface area contributed by atoms with E-state index < -0.39 is 48.0 Å². The maximum atomic E-state index is 14.1. The Kier molecular flexibility index (Phi) is 12.9. The van der Waals surface area contributed by atoms with Crippen LogP contribution in [0.4, 0.5) is 0 Å². The topological polar surface area (TPSA) is 163 Å². The normalized spacial score (nSPS) is 16.6. The number of aliphatic hydroxyl groups excluding tert-OH is 1. The first-order chi connectivity index (χ1) is 22.6. The number of aromatic nitrogens is 2. The first kappa shape index (κ1) is 35.6. The van der Waals surface area contributed by atoms with Crippen LogP contribution in [0.2, 0.25) is 0 Å². The zero-order chi connectivity index (χ0) is 33.9. The van der Waals surface area contributed by atoms with Crippen molar-refractivity contribution in [3.8, 4) is 0 Å². The number of imidazole rings is 1. The summed E-state index contributed by atoms with van der Waals surface area (Å²) in [6, 6.07) is 11.7. The first-order valence-corrected chi connectivity index (χ1v) is 16.4. The summed E-state index contributed by atoms with van der Waals surface area (Å²) in [6.45, 7) is 8.83. The lowest BCUT2D eigenvalue weighted by Gasteiger charge is -2.31. The molecule has 1 fully saturated rings. The molecule has 0 bridgehead atoms. The van der Waals surface area contributed by atoms with Crippen LogP contribution in [0.15, 0.2) is 55.0 Å². The molecule has 1 aliphatic heterocycles. The molecule has 0 saturated carbocycles. The van der Waals surface area contributed by atoms with Crippen LogP contribution < -0.4 is 10.6 Å². The molecule has 5 atom stereocenters. The van der Waals surface area contributed by atoms with Gasteiger partial charge in [0.15, 0.2) is 6.10 Å². The highest BCUT2D eigenvalue weighted by Crippen LogP contribution is 2.24. The summed E-state index contributed by atoms with van der Waals surface area (Å²) in [6.07, 6.45) is 1.83. The van der Waals surface area contributed by atoms with Gasteiger partial charge in [0.2, 0.25) is 17.7 Å². The van der Waals surface area contributed by atoms with E-state index in [9.17, 15) is 24.3 Å². The van der Waals surface area contributed by atoms with E-state index in [-0.39, 0.29) is 31.1 Å². The van der Waals surface area contributed by atoms with E-state index >= 15 is 0 Å². The van der Waals surface area contributed by atoms with E-state index in [4.69, 9.17) is 9.47 Å². The quantitative estimate of drug-likeness (QED) is 0.183. The van der Waals surface area contributed by atoms with Gasteiger partial charge in [-0.1, -0.05) is 62.7 Å². The number of benzene rings is 2. The summed E-state index contributed by atoms with van der Waals surface area (Å²) in [5.41, 5.74) is 1.51. The van der Waals surface area contributed by atoms with Crippen LogP contribution in [0.25, 0.3) is 10.8 Å². The molecule has 12 nitrogen and oxygen atoms in total. The SMILES string of the molecule is CCC(C)[C@H](NC(=O)[C@H](Cc1cnc[nH]1)NC(=O)C(CC(=O)N1CCOCC1)Cc1cccc2ccccc12)C(O)C(=O)OC(C)C. The van der Waals surface area contributed by atoms with Gasteiger partial charge in [0.05, 0.1) is 37.6 Å². The third-order valence-electron chi connectivity index (χ3n) is 8.61. The molecular formula is C35H47N5O7. The van der Waals surface area contributed by atoms with Gasteiger partial charge in [0, 0.05) is 37.8 Å². The van der Waals surface area contributed by atoms with E-state index in [2.05, 4.69) is 20.6 Å². The fourth-order valence-electron chi connectivity index (χ4n) is 5.76. The van der Waals surface area contributed by atoms with Crippen molar-refractivity contribution >= 4 is 34.5 Å². The highest BCUT2D eigenvalue weighted by molar-refractivity contribution is 5.92. The van der Waals surface area contributed by atoms with Crippen molar-refractivity contribution < 1.29 is 33.8 Å². The van der Waals surface area contributed by atoms with Crippen molar-refractivity contribution in [1.82, 2.24) is 25.5 Å². The van der Waals surface area contributed by atoms with Crippen LogP contribution in [0.3, 0.4) is 0 Å². The average Bonchev–Trinajstić information content (AvgIpc) is 3.59. The van der Waals surface area contributed by atoms with Crippen molar-refractivity contribution in [3.05, 3.63) is 66.2 Å².